The zero-order valence-corrected chi connectivity index (χ0v) is 16.2. The molecule has 0 atom stereocenters. The van der Waals surface area contributed by atoms with Crippen LogP contribution in [0.15, 0.2) is 72.8 Å². The van der Waals surface area contributed by atoms with Gasteiger partial charge in [0.2, 0.25) is 0 Å². The Hall–Kier alpha value is -3.78. The van der Waals surface area contributed by atoms with Gasteiger partial charge in [-0.15, -0.1) is 0 Å². The van der Waals surface area contributed by atoms with Crippen molar-refractivity contribution in [2.75, 3.05) is 17.7 Å². The van der Waals surface area contributed by atoms with Gasteiger partial charge in [-0.05, 0) is 30.4 Å². The summed E-state index contributed by atoms with van der Waals surface area (Å²) in [7, 11) is 1.41. The maximum absolute atomic E-state index is 12.8. The lowest BCUT2D eigenvalue weighted by Gasteiger charge is -2.15. The van der Waals surface area contributed by atoms with Crippen LogP contribution in [0.2, 0.25) is 0 Å². The first-order chi connectivity index (χ1) is 14.0. The summed E-state index contributed by atoms with van der Waals surface area (Å²) in [5.74, 6) is 0.140. The number of rotatable bonds is 6. The fourth-order valence-electron chi connectivity index (χ4n) is 2.71. The molecule has 0 saturated heterocycles. The minimum atomic E-state index is -0.506. The highest BCUT2D eigenvalue weighted by Crippen LogP contribution is 2.29. The van der Waals surface area contributed by atoms with Gasteiger partial charge in [0.25, 0.3) is 5.69 Å². The predicted molar refractivity (Wildman–Crippen MR) is 116 cm³/mol. The number of para-hydroxylation sites is 1. The number of nitrogens with one attached hydrogen (secondary N) is 2. The number of carbonyl (C=O) groups is 1. The standard InChI is InChI=1S/C21H17N3O4S/c1-28-19-13-15(24(26)27)11-12-18(19)23-21(29)22-17-10-6-5-9-16(17)20(25)14-7-3-2-4-8-14/h2-13H,1H3,(H2,22,23,29). The Labute approximate surface area is 172 Å². The monoisotopic (exact) mass is 407 g/mol. The first kappa shape index (κ1) is 20.0. The number of non-ortho nitro benzene ring substituents is 1. The molecule has 3 rings (SSSR count). The molecule has 2 N–H and O–H groups in total. The number of nitro groups is 1. The van der Waals surface area contributed by atoms with E-state index in [0.717, 1.165) is 0 Å². The fraction of sp³-hybridized carbons (Fsp3) is 0.0476. The maximum atomic E-state index is 12.8. The Morgan fingerprint density at radius 2 is 1.62 bits per heavy atom. The van der Waals surface area contributed by atoms with Crippen LogP contribution in [-0.4, -0.2) is 22.9 Å². The van der Waals surface area contributed by atoms with Crippen molar-refractivity contribution in [3.8, 4) is 5.75 Å². The molecule has 0 saturated carbocycles. The number of carbonyl (C=O) groups excluding carboxylic acids is 1. The molecule has 0 aliphatic carbocycles. The molecule has 0 aliphatic rings. The van der Waals surface area contributed by atoms with Crippen LogP contribution in [-0.2, 0) is 0 Å². The van der Waals surface area contributed by atoms with Gasteiger partial charge in [0.05, 0.1) is 29.5 Å². The summed E-state index contributed by atoms with van der Waals surface area (Å²) in [4.78, 5) is 23.2. The van der Waals surface area contributed by atoms with Gasteiger partial charge in [0.15, 0.2) is 10.9 Å². The number of nitrogens with zero attached hydrogens (tertiary/aromatic N) is 1. The molecule has 3 aromatic carbocycles. The maximum Gasteiger partial charge on any atom is 0.273 e. The van der Waals surface area contributed by atoms with Crippen LogP contribution in [0.5, 0.6) is 5.75 Å². The van der Waals surface area contributed by atoms with E-state index in [4.69, 9.17) is 17.0 Å². The molecule has 7 nitrogen and oxygen atoms in total. The molecule has 0 bridgehead atoms. The lowest BCUT2D eigenvalue weighted by Crippen LogP contribution is -2.21. The molecule has 3 aromatic rings. The van der Waals surface area contributed by atoms with Crippen molar-refractivity contribution in [1.82, 2.24) is 0 Å². The first-order valence-corrected chi connectivity index (χ1v) is 8.99. The number of methoxy groups -OCH3 is 1. The highest BCUT2D eigenvalue weighted by Gasteiger charge is 2.15. The van der Waals surface area contributed by atoms with Gasteiger partial charge < -0.3 is 15.4 Å². The number of anilines is 2. The third kappa shape index (κ3) is 4.74. The molecule has 0 heterocycles. The largest absolute Gasteiger partial charge is 0.494 e. The van der Waals surface area contributed by atoms with Crippen molar-refractivity contribution in [3.05, 3.63) is 94.0 Å². The van der Waals surface area contributed by atoms with Gasteiger partial charge in [0, 0.05) is 17.2 Å². The van der Waals surface area contributed by atoms with Gasteiger partial charge in [-0.25, -0.2) is 0 Å². The first-order valence-electron chi connectivity index (χ1n) is 8.59. The van der Waals surface area contributed by atoms with Gasteiger partial charge in [-0.1, -0.05) is 42.5 Å². The smallest absolute Gasteiger partial charge is 0.273 e. The molecule has 29 heavy (non-hydrogen) atoms. The summed E-state index contributed by atoms with van der Waals surface area (Å²) in [6.45, 7) is 0. The molecule has 0 amide bonds. The van der Waals surface area contributed by atoms with Gasteiger partial charge in [0.1, 0.15) is 5.75 Å². The van der Waals surface area contributed by atoms with Crippen molar-refractivity contribution in [3.63, 3.8) is 0 Å². The Balaban J connectivity index is 1.80. The van der Waals surface area contributed by atoms with E-state index in [1.165, 1.54) is 25.3 Å². The van der Waals surface area contributed by atoms with Crippen molar-refractivity contribution < 1.29 is 14.5 Å². The lowest BCUT2D eigenvalue weighted by molar-refractivity contribution is -0.384. The number of ether oxygens (including phenoxy) is 1. The highest BCUT2D eigenvalue weighted by molar-refractivity contribution is 7.80. The Morgan fingerprint density at radius 1 is 0.966 bits per heavy atom. The SMILES string of the molecule is COc1cc([N+](=O)[O-])ccc1NC(=S)Nc1ccccc1C(=O)c1ccccc1. The number of hydrogen-bond donors (Lipinski definition) is 2. The molecule has 146 valence electrons. The molecule has 0 unspecified atom stereocenters. The van der Waals surface area contributed by atoms with Gasteiger partial charge in [-0.3, -0.25) is 14.9 Å². The quantitative estimate of drug-likeness (QED) is 0.266. The van der Waals surface area contributed by atoms with E-state index in [-0.39, 0.29) is 22.3 Å². The summed E-state index contributed by atoms with van der Waals surface area (Å²) < 4.78 is 5.20. The molecular weight excluding hydrogens is 390 g/mol. The summed E-state index contributed by atoms with van der Waals surface area (Å²) in [6.07, 6.45) is 0. The second-order valence-corrected chi connectivity index (χ2v) is 6.37. The van der Waals surface area contributed by atoms with Crippen LogP contribution < -0.4 is 15.4 Å². The van der Waals surface area contributed by atoms with E-state index in [1.807, 2.05) is 6.07 Å². The Kier molecular flexibility index (Phi) is 6.16. The summed E-state index contributed by atoms with van der Waals surface area (Å²) in [5, 5.41) is 17.1. The number of thiocarbonyl (C=S) groups is 1. The van der Waals surface area contributed by atoms with E-state index in [2.05, 4.69) is 10.6 Å². The second-order valence-electron chi connectivity index (χ2n) is 5.96. The van der Waals surface area contributed by atoms with Crippen molar-refractivity contribution >= 4 is 40.2 Å². The molecule has 0 spiro atoms. The zero-order valence-electron chi connectivity index (χ0n) is 15.4. The van der Waals surface area contributed by atoms with Crippen LogP contribution in [0, 0.1) is 10.1 Å². The number of hydrogen-bond acceptors (Lipinski definition) is 5. The molecule has 0 fully saturated rings. The highest BCUT2D eigenvalue weighted by atomic mass is 32.1. The molecule has 0 radical (unpaired) electrons. The van der Waals surface area contributed by atoms with Crippen molar-refractivity contribution in [1.29, 1.82) is 0 Å². The van der Waals surface area contributed by atoms with Gasteiger partial charge in [-0.2, -0.15) is 0 Å². The minimum absolute atomic E-state index is 0.0925. The molecule has 0 aromatic heterocycles. The van der Waals surface area contributed by atoms with Crippen molar-refractivity contribution in [2.45, 2.75) is 0 Å². The predicted octanol–water partition coefficient (Wildman–Crippen LogP) is 4.64. The third-order valence-electron chi connectivity index (χ3n) is 4.10. The topological polar surface area (TPSA) is 93.5 Å². The van der Waals surface area contributed by atoms with Crippen LogP contribution in [0.3, 0.4) is 0 Å². The lowest BCUT2D eigenvalue weighted by atomic mass is 10.0. The van der Waals surface area contributed by atoms with Crippen molar-refractivity contribution in [2.24, 2.45) is 0 Å². The normalized spacial score (nSPS) is 10.1. The number of ketones is 1. The Bertz CT molecular complexity index is 1070. The third-order valence-corrected chi connectivity index (χ3v) is 4.30. The molecule has 0 aliphatic heterocycles. The average molecular weight is 407 g/mol. The van der Waals surface area contributed by atoms with E-state index in [1.54, 1.807) is 48.5 Å². The number of benzene rings is 3. The zero-order chi connectivity index (χ0) is 20.8. The molecular formula is C21H17N3O4S. The van der Waals surface area contributed by atoms with Crippen LogP contribution in [0.4, 0.5) is 17.1 Å². The summed E-state index contributed by atoms with van der Waals surface area (Å²) in [6, 6.07) is 20.1. The summed E-state index contributed by atoms with van der Waals surface area (Å²) in [5.41, 5.74) is 1.95. The van der Waals surface area contributed by atoms with E-state index < -0.39 is 4.92 Å². The molecule has 8 heteroatoms. The van der Waals surface area contributed by atoms with Crippen LogP contribution in [0.25, 0.3) is 0 Å². The second kappa shape index (κ2) is 8.94. The average Bonchev–Trinajstić information content (AvgIpc) is 2.74. The fourth-order valence-corrected chi connectivity index (χ4v) is 2.93. The minimum Gasteiger partial charge on any atom is -0.494 e. The summed E-state index contributed by atoms with van der Waals surface area (Å²) >= 11 is 5.35. The van der Waals surface area contributed by atoms with Crippen LogP contribution >= 0.6 is 12.2 Å². The van der Waals surface area contributed by atoms with Crippen LogP contribution in [0.1, 0.15) is 15.9 Å². The van der Waals surface area contributed by atoms with Gasteiger partial charge >= 0.3 is 0 Å². The number of nitro benzene ring substituents is 1. The van der Waals surface area contributed by atoms with E-state index >= 15 is 0 Å². The van der Waals surface area contributed by atoms with E-state index in [9.17, 15) is 14.9 Å². The Morgan fingerprint density at radius 3 is 2.31 bits per heavy atom. The van der Waals surface area contributed by atoms with E-state index in [0.29, 0.717) is 22.5 Å².